The Morgan fingerprint density at radius 1 is 0.320 bits per heavy atom. The number of aromatic nitrogens is 4. The molecule has 12 aromatic carbocycles. The van der Waals surface area contributed by atoms with Crippen molar-refractivity contribution in [3.63, 3.8) is 0 Å². The minimum Gasteiger partial charge on any atom is -0.508 e. The van der Waals surface area contributed by atoms with Crippen LogP contribution in [0.25, 0.3) is 129 Å². The maximum absolute atomic E-state index is 13.6. The molecule has 0 fully saturated rings. The molecule has 628 valence electrons. The van der Waals surface area contributed by atoms with Gasteiger partial charge in [-0.25, -0.2) is 9.97 Å². The molecule has 20 aromatic rings. The van der Waals surface area contributed by atoms with E-state index in [4.69, 9.17) is 29.8 Å². The summed E-state index contributed by atoms with van der Waals surface area (Å²) in [6.45, 7) is 8.37. The number of nitrogen functional groups attached to an aromatic ring is 2. The number of benzene rings is 12. The Balaban J connectivity index is 0.000000120. The predicted molar refractivity (Wildman–Crippen MR) is 510 cm³/mol. The number of thiazole rings is 2. The molecule has 26 heteroatoms. The predicted octanol–water partition coefficient (Wildman–Crippen LogP) is 25.0. The molecular weight excluding hydrogens is 1730 g/mol. The zero-order valence-corrected chi connectivity index (χ0v) is 73.0. The zero-order valence-electron chi connectivity index (χ0n) is 68.1. The number of hydrogen-bond donors (Lipinski definition) is 6. The van der Waals surface area contributed by atoms with Gasteiger partial charge < -0.3 is 50.2 Å². The van der Waals surface area contributed by atoms with E-state index in [-0.39, 0.29) is 64.4 Å². The number of ether oxygens (including phenoxy) is 2. The third-order valence-corrected chi connectivity index (χ3v) is 27.5. The zero-order chi connectivity index (χ0) is 89.0. The standard InChI is InChI=1S/C26H17NO5S.C26H17NO4S2.C25H18N2O3S.C25H18N2O2S2/c1-15-4-2-3-5-19(15)24(30)25-23(20-11-10-18(29)12-21(20)33-25)16-6-8-17(9-7-16)26-27-22(13-31-26)32-14-28;1-15-4-2-3-5-19(15)24(30)25-23(20-11-10-18(29)12-21(20)33-25)16-6-8-17(9-7-16)26-27-22(13-32-26)31-14-28;2*1-14-4-2-3-5-18(14)23(29)24-22(19-11-10-17(28)12-20(19)31-24)15-6-8-16(9-7-15)25-27-21(26)13-30-25/h2*2-14,29H,1H3;2*2-13,28H,26H2,1H3. The normalized spacial score (nSPS) is 11.0. The SMILES string of the molecule is Cc1ccccc1C(=O)c1sc2cc(O)ccc2c1-c1ccc(-c2nc(N)co2)cc1.Cc1ccccc1C(=O)c1sc2cc(O)ccc2c1-c1ccc(-c2nc(N)cs2)cc1.Cc1ccccc1C(=O)c1sc2cc(O)ccc2c1-c1ccc(-c2nc(OC=O)co2)cc1.Cc1ccccc1C(=O)c1sc2cc(O)ccc2c1-c1ccc(-c2nc(OC=O)cs2)cc1. The molecular formula is C102H70N6O14S6. The number of fused-ring (bicyclic) bond motifs is 4. The summed E-state index contributed by atoms with van der Waals surface area (Å²) in [6, 6.07) is 81.9. The Labute approximate surface area is 754 Å². The van der Waals surface area contributed by atoms with Crippen molar-refractivity contribution in [1.82, 2.24) is 19.9 Å². The highest BCUT2D eigenvalue weighted by molar-refractivity contribution is 7.23. The Hall–Kier alpha value is -15.4. The van der Waals surface area contributed by atoms with E-state index in [0.717, 1.165) is 134 Å². The molecule has 0 spiro atoms. The number of nitrogens with zero attached hydrogens (tertiary/aromatic N) is 4. The van der Waals surface area contributed by atoms with E-state index in [9.17, 15) is 49.2 Å². The van der Waals surface area contributed by atoms with Gasteiger partial charge in [-0.1, -0.05) is 170 Å². The van der Waals surface area contributed by atoms with Crippen LogP contribution in [0.15, 0.2) is 299 Å². The highest BCUT2D eigenvalue weighted by Gasteiger charge is 2.29. The molecule has 20 rings (SSSR count). The summed E-state index contributed by atoms with van der Waals surface area (Å²) in [5.74, 6) is 2.49. The van der Waals surface area contributed by atoms with Crippen molar-refractivity contribution in [3.8, 4) is 123 Å². The Bertz CT molecular complexity index is 7210. The van der Waals surface area contributed by atoms with Gasteiger partial charge in [0.05, 0.1) is 24.9 Å². The average Bonchev–Trinajstić information content (AvgIpc) is 1.63. The minimum atomic E-state index is -0.0591. The van der Waals surface area contributed by atoms with Crippen molar-refractivity contribution in [2.45, 2.75) is 27.7 Å². The van der Waals surface area contributed by atoms with Crippen molar-refractivity contribution in [2.75, 3.05) is 11.5 Å². The van der Waals surface area contributed by atoms with Crippen molar-refractivity contribution >= 4 is 156 Å². The number of hydrogen-bond acceptors (Lipinski definition) is 26. The molecule has 128 heavy (non-hydrogen) atoms. The summed E-state index contributed by atoms with van der Waals surface area (Å²) >= 11 is 8.44. The molecule has 8 N–H and O–H groups in total. The van der Waals surface area contributed by atoms with E-state index in [1.54, 1.807) is 53.9 Å². The second kappa shape index (κ2) is 36.8. The van der Waals surface area contributed by atoms with Crippen LogP contribution in [-0.2, 0) is 9.59 Å². The van der Waals surface area contributed by atoms with Gasteiger partial charge in [0.15, 0.2) is 12.1 Å². The van der Waals surface area contributed by atoms with Gasteiger partial charge in [0.2, 0.25) is 40.8 Å². The van der Waals surface area contributed by atoms with Gasteiger partial charge in [0, 0.05) is 112 Å². The lowest BCUT2D eigenvalue weighted by molar-refractivity contribution is -0.121. The molecule has 0 atom stereocenters. The first-order valence-corrected chi connectivity index (χ1v) is 44.5. The number of carbonyl (C=O) groups excluding carboxylic acids is 6. The number of nitrogens with two attached hydrogens (primary N) is 2. The summed E-state index contributed by atoms with van der Waals surface area (Å²) in [6.07, 6.45) is 2.66. The topological polar surface area (TPSA) is 332 Å². The molecule has 0 saturated heterocycles. The van der Waals surface area contributed by atoms with Crippen molar-refractivity contribution < 1.29 is 67.5 Å². The number of oxazole rings is 2. The number of rotatable bonds is 20. The minimum absolute atomic E-state index is 0.00874. The van der Waals surface area contributed by atoms with Gasteiger partial charge in [-0.15, -0.1) is 68.0 Å². The first kappa shape index (κ1) is 84.8. The monoisotopic (exact) mass is 1790 g/mol. The highest BCUT2D eigenvalue weighted by Crippen LogP contribution is 2.48. The van der Waals surface area contributed by atoms with Crippen LogP contribution in [0.2, 0.25) is 0 Å². The third-order valence-electron chi connectivity index (χ3n) is 21.1. The van der Waals surface area contributed by atoms with E-state index in [2.05, 4.69) is 19.9 Å². The van der Waals surface area contributed by atoms with Crippen LogP contribution in [0.1, 0.15) is 83.2 Å². The van der Waals surface area contributed by atoms with E-state index < -0.39 is 0 Å². The Kier molecular flexibility index (Phi) is 24.4. The largest absolute Gasteiger partial charge is 0.508 e. The fourth-order valence-corrected chi connectivity index (χ4v) is 21.2. The van der Waals surface area contributed by atoms with E-state index in [1.807, 2.05) is 251 Å². The van der Waals surface area contributed by atoms with Crippen molar-refractivity contribution in [1.29, 1.82) is 0 Å². The third kappa shape index (κ3) is 17.6. The molecule has 0 aliphatic carbocycles. The number of aryl methyl sites for hydroxylation is 4. The van der Waals surface area contributed by atoms with Crippen LogP contribution in [0.4, 0.5) is 11.6 Å². The van der Waals surface area contributed by atoms with Crippen LogP contribution in [0.3, 0.4) is 0 Å². The van der Waals surface area contributed by atoms with Crippen LogP contribution < -0.4 is 20.9 Å². The van der Waals surface area contributed by atoms with Gasteiger partial charge >= 0.3 is 0 Å². The lowest BCUT2D eigenvalue weighted by atomic mass is 9.96. The van der Waals surface area contributed by atoms with Gasteiger partial charge in [-0.2, -0.15) is 9.97 Å². The smallest absolute Gasteiger partial charge is 0.299 e. The van der Waals surface area contributed by atoms with Gasteiger partial charge in [-0.05, 0) is 169 Å². The molecule has 0 amide bonds. The molecule has 0 bridgehead atoms. The Morgan fingerprint density at radius 2 is 0.609 bits per heavy atom. The number of anilines is 2. The number of ketones is 4. The van der Waals surface area contributed by atoms with Crippen LogP contribution >= 0.6 is 68.0 Å². The lowest BCUT2D eigenvalue weighted by Crippen LogP contribution is -2.02. The van der Waals surface area contributed by atoms with Gasteiger partial charge in [0.25, 0.3) is 18.8 Å². The summed E-state index contributed by atoms with van der Waals surface area (Å²) < 4.78 is 23.7. The lowest BCUT2D eigenvalue weighted by Gasteiger charge is -2.08. The Morgan fingerprint density at radius 3 is 0.914 bits per heavy atom. The van der Waals surface area contributed by atoms with Crippen molar-refractivity contribution in [3.05, 3.63) is 354 Å². The number of phenolic OH excluding ortho intramolecular Hbond substituents is 4. The van der Waals surface area contributed by atoms with Gasteiger partial charge in [0.1, 0.15) is 45.1 Å². The summed E-state index contributed by atoms with van der Waals surface area (Å²) in [7, 11) is 0. The van der Waals surface area contributed by atoms with E-state index in [1.165, 1.54) is 80.5 Å². The fraction of sp³-hybridized carbons (Fsp3) is 0.0392. The molecule has 8 aromatic heterocycles. The average molecular weight is 1800 g/mol. The number of thiophene rings is 4. The second-order valence-electron chi connectivity index (χ2n) is 29.4. The molecule has 0 unspecified atom stereocenters. The molecule has 0 aliphatic heterocycles. The molecule has 20 nitrogen and oxygen atoms in total. The quantitative estimate of drug-likeness (QED) is 0.0305. The molecule has 0 saturated carbocycles. The second-order valence-corrected chi connectivity index (χ2v) is 35.3. The first-order valence-electron chi connectivity index (χ1n) is 39.5. The first-order chi connectivity index (χ1) is 62.1. The van der Waals surface area contributed by atoms with E-state index >= 15 is 0 Å². The van der Waals surface area contributed by atoms with Crippen molar-refractivity contribution in [2.24, 2.45) is 0 Å². The summed E-state index contributed by atoms with van der Waals surface area (Å²) in [5.41, 5.74) is 28.1. The maximum atomic E-state index is 13.6. The fourth-order valence-electron chi connectivity index (χ4n) is 14.9. The number of phenols is 4. The van der Waals surface area contributed by atoms with Crippen LogP contribution in [0, 0.1) is 27.7 Å². The van der Waals surface area contributed by atoms with Gasteiger partial charge in [-0.3, -0.25) is 28.8 Å². The highest BCUT2D eigenvalue weighted by atomic mass is 32.1. The molecule has 8 heterocycles. The molecule has 0 radical (unpaired) electrons. The molecule has 0 aliphatic rings. The summed E-state index contributed by atoms with van der Waals surface area (Å²) in [5, 5.41) is 48.7. The van der Waals surface area contributed by atoms with Crippen LogP contribution in [-0.4, -0.2) is 76.4 Å². The van der Waals surface area contributed by atoms with E-state index in [0.29, 0.717) is 77.2 Å². The van der Waals surface area contributed by atoms with Crippen LogP contribution in [0.5, 0.6) is 34.8 Å². The maximum Gasteiger partial charge on any atom is 0.299 e. The summed E-state index contributed by atoms with van der Waals surface area (Å²) in [4.78, 5) is 94.7. The number of aromatic hydroxyl groups is 4. The number of carbonyl (C=O) groups is 6.